The Balaban J connectivity index is 1.87. The van der Waals surface area contributed by atoms with E-state index >= 15 is 0 Å². The van der Waals surface area contributed by atoms with Crippen molar-refractivity contribution >= 4 is 11.8 Å². The van der Waals surface area contributed by atoms with Crippen molar-refractivity contribution in [1.82, 2.24) is 10.2 Å². The number of amides is 2. The third-order valence-corrected chi connectivity index (χ3v) is 6.39. The summed E-state index contributed by atoms with van der Waals surface area (Å²) >= 11 is 0. The van der Waals surface area contributed by atoms with Gasteiger partial charge in [-0.25, -0.2) is 0 Å². The van der Waals surface area contributed by atoms with E-state index < -0.39 is 6.04 Å². The van der Waals surface area contributed by atoms with Crippen LogP contribution < -0.4 is 14.8 Å². The van der Waals surface area contributed by atoms with E-state index in [2.05, 4.69) is 19.2 Å². The van der Waals surface area contributed by atoms with E-state index in [0.717, 1.165) is 16.7 Å². The lowest BCUT2D eigenvalue weighted by Crippen LogP contribution is -2.51. The second-order valence-corrected chi connectivity index (χ2v) is 10.00. The first-order chi connectivity index (χ1) is 18.9. The molecule has 1 N–H and O–H groups in total. The Bertz CT molecular complexity index is 1160. The van der Waals surface area contributed by atoms with Crippen LogP contribution in [0, 0.1) is 5.92 Å². The zero-order valence-electron chi connectivity index (χ0n) is 23.7. The first kappa shape index (κ1) is 29.8. The first-order valence-corrected chi connectivity index (χ1v) is 13.9. The van der Waals surface area contributed by atoms with E-state index in [1.165, 1.54) is 0 Å². The number of aryl methyl sites for hydroxylation is 1. The topological polar surface area (TPSA) is 67.9 Å². The molecule has 3 aromatic carbocycles. The highest BCUT2D eigenvalue weighted by molar-refractivity contribution is 5.88. The zero-order chi connectivity index (χ0) is 28.0. The van der Waals surface area contributed by atoms with E-state index in [4.69, 9.17) is 9.47 Å². The molecule has 0 aliphatic rings. The van der Waals surface area contributed by atoms with Crippen LogP contribution in [0.2, 0.25) is 0 Å². The SMILES string of the molecule is CCOc1ccc(CCC(=O)N(Cc2ccccc2)[C@@H](Cc2ccccc2)C(=O)NCC(C)C)cc1OCC. The minimum Gasteiger partial charge on any atom is -0.490 e. The molecule has 0 saturated carbocycles. The lowest BCUT2D eigenvalue weighted by atomic mass is 10.0. The van der Waals surface area contributed by atoms with Crippen LogP contribution in [0.25, 0.3) is 0 Å². The predicted molar refractivity (Wildman–Crippen MR) is 156 cm³/mol. The molecule has 0 aliphatic heterocycles. The summed E-state index contributed by atoms with van der Waals surface area (Å²) in [5.41, 5.74) is 2.99. The van der Waals surface area contributed by atoms with Gasteiger partial charge in [0, 0.05) is 25.9 Å². The summed E-state index contributed by atoms with van der Waals surface area (Å²) in [5.74, 6) is 1.50. The molecule has 2 amide bonds. The third kappa shape index (κ3) is 9.47. The molecule has 39 heavy (non-hydrogen) atoms. The maximum Gasteiger partial charge on any atom is 0.243 e. The predicted octanol–water partition coefficient (Wildman–Crippen LogP) is 5.83. The van der Waals surface area contributed by atoms with Crippen molar-refractivity contribution in [2.24, 2.45) is 5.92 Å². The van der Waals surface area contributed by atoms with Crippen LogP contribution in [0.3, 0.4) is 0 Å². The molecular formula is C33H42N2O4. The Hall–Kier alpha value is -3.80. The zero-order valence-corrected chi connectivity index (χ0v) is 23.7. The summed E-state index contributed by atoms with van der Waals surface area (Å²) in [6, 6.07) is 24.9. The normalized spacial score (nSPS) is 11.6. The van der Waals surface area contributed by atoms with Gasteiger partial charge in [-0.05, 0) is 55.0 Å². The highest BCUT2D eigenvalue weighted by atomic mass is 16.5. The summed E-state index contributed by atoms with van der Waals surface area (Å²) in [6.07, 6.45) is 1.25. The molecule has 0 heterocycles. The summed E-state index contributed by atoms with van der Waals surface area (Å²) in [6.45, 7) is 9.99. The fourth-order valence-electron chi connectivity index (χ4n) is 4.40. The van der Waals surface area contributed by atoms with Gasteiger partial charge in [-0.1, -0.05) is 80.6 Å². The smallest absolute Gasteiger partial charge is 0.243 e. The van der Waals surface area contributed by atoms with Crippen LogP contribution in [-0.4, -0.2) is 42.5 Å². The minimum absolute atomic E-state index is 0.0636. The lowest BCUT2D eigenvalue weighted by Gasteiger charge is -2.32. The maximum absolute atomic E-state index is 13.9. The summed E-state index contributed by atoms with van der Waals surface area (Å²) < 4.78 is 11.5. The quantitative estimate of drug-likeness (QED) is 0.269. The maximum atomic E-state index is 13.9. The van der Waals surface area contributed by atoms with E-state index in [-0.39, 0.29) is 18.2 Å². The summed E-state index contributed by atoms with van der Waals surface area (Å²) in [7, 11) is 0. The van der Waals surface area contributed by atoms with E-state index in [1.807, 2.05) is 92.7 Å². The van der Waals surface area contributed by atoms with Gasteiger partial charge >= 0.3 is 0 Å². The third-order valence-electron chi connectivity index (χ3n) is 6.39. The van der Waals surface area contributed by atoms with Crippen molar-refractivity contribution in [3.05, 3.63) is 95.6 Å². The fourth-order valence-corrected chi connectivity index (χ4v) is 4.40. The average Bonchev–Trinajstić information content (AvgIpc) is 2.95. The van der Waals surface area contributed by atoms with Crippen LogP contribution in [0.15, 0.2) is 78.9 Å². The largest absolute Gasteiger partial charge is 0.490 e. The van der Waals surface area contributed by atoms with Gasteiger partial charge in [0.05, 0.1) is 13.2 Å². The van der Waals surface area contributed by atoms with Gasteiger partial charge in [0.25, 0.3) is 0 Å². The summed E-state index contributed by atoms with van der Waals surface area (Å²) in [5, 5.41) is 3.07. The van der Waals surface area contributed by atoms with Crippen LogP contribution in [0.4, 0.5) is 0 Å². The number of nitrogens with zero attached hydrogens (tertiary/aromatic N) is 1. The van der Waals surface area contributed by atoms with E-state index in [9.17, 15) is 9.59 Å². The van der Waals surface area contributed by atoms with Gasteiger partial charge in [-0.15, -0.1) is 0 Å². The van der Waals surface area contributed by atoms with E-state index in [1.54, 1.807) is 4.90 Å². The van der Waals surface area contributed by atoms with Crippen LogP contribution >= 0.6 is 0 Å². The number of ether oxygens (including phenoxy) is 2. The van der Waals surface area contributed by atoms with Gasteiger partial charge in [-0.2, -0.15) is 0 Å². The molecule has 0 bridgehead atoms. The second kappa shape index (κ2) is 15.6. The first-order valence-electron chi connectivity index (χ1n) is 13.9. The van der Waals surface area contributed by atoms with Crippen LogP contribution in [-0.2, 0) is 29.0 Å². The fraction of sp³-hybridized carbons (Fsp3) is 0.394. The van der Waals surface area contributed by atoms with Gasteiger partial charge in [0.15, 0.2) is 11.5 Å². The van der Waals surface area contributed by atoms with Crippen molar-refractivity contribution in [2.75, 3.05) is 19.8 Å². The highest BCUT2D eigenvalue weighted by Crippen LogP contribution is 2.29. The standard InChI is InChI=1S/C33H42N2O4/c1-5-38-30-19-17-27(22-31(30)39-6-2)18-20-32(36)35(24-28-15-11-8-12-16-28)29(33(37)34-23-25(3)4)21-26-13-9-7-10-14-26/h7-17,19,22,25,29H,5-6,18,20-21,23-24H2,1-4H3,(H,34,37)/t29-/m0/s1. The second-order valence-electron chi connectivity index (χ2n) is 10.00. The van der Waals surface area contributed by atoms with Crippen LogP contribution in [0.5, 0.6) is 11.5 Å². The minimum atomic E-state index is -0.627. The Morgan fingerprint density at radius 2 is 1.41 bits per heavy atom. The van der Waals surface area contributed by atoms with Gasteiger partial charge in [0.1, 0.15) is 6.04 Å². The average molecular weight is 531 g/mol. The Labute approximate surface area is 233 Å². The number of rotatable bonds is 15. The van der Waals surface area contributed by atoms with Crippen molar-refractivity contribution in [2.45, 2.75) is 59.5 Å². The molecule has 1 atom stereocenters. The Morgan fingerprint density at radius 3 is 2.03 bits per heavy atom. The molecule has 0 spiro atoms. The summed E-state index contributed by atoms with van der Waals surface area (Å²) in [4.78, 5) is 29.2. The molecule has 0 radical (unpaired) electrons. The molecule has 0 unspecified atom stereocenters. The molecule has 208 valence electrons. The number of carbonyl (C=O) groups is 2. The number of carbonyl (C=O) groups excluding carboxylic acids is 2. The molecule has 6 nitrogen and oxygen atoms in total. The molecular weight excluding hydrogens is 488 g/mol. The van der Waals surface area contributed by atoms with Crippen molar-refractivity contribution in [3.8, 4) is 11.5 Å². The molecule has 3 rings (SSSR count). The van der Waals surface area contributed by atoms with Crippen molar-refractivity contribution in [3.63, 3.8) is 0 Å². The lowest BCUT2D eigenvalue weighted by molar-refractivity contribution is -0.141. The number of nitrogens with one attached hydrogen (secondary N) is 1. The van der Waals surface area contributed by atoms with Gasteiger partial charge < -0.3 is 19.7 Å². The Morgan fingerprint density at radius 1 is 0.795 bits per heavy atom. The highest BCUT2D eigenvalue weighted by Gasteiger charge is 2.30. The van der Waals surface area contributed by atoms with Gasteiger partial charge in [0.2, 0.25) is 11.8 Å². The number of hydrogen-bond donors (Lipinski definition) is 1. The monoisotopic (exact) mass is 530 g/mol. The van der Waals surface area contributed by atoms with E-state index in [0.29, 0.717) is 56.6 Å². The van der Waals surface area contributed by atoms with Gasteiger partial charge in [-0.3, -0.25) is 9.59 Å². The number of benzene rings is 3. The molecule has 6 heteroatoms. The van der Waals surface area contributed by atoms with Crippen molar-refractivity contribution < 1.29 is 19.1 Å². The Kier molecular flexibility index (Phi) is 11.9. The molecule has 0 aliphatic carbocycles. The number of hydrogen-bond acceptors (Lipinski definition) is 4. The van der Waals surface area contributed by atoms with Crippen LogP contribution in [0.1, 0.15) is 50.8 Å². The molecule has 0 saturated heterocycles. The molecule has 0 aromatic heterocycles. The molecule has 0 fully saturated rings. The molecule has 3 aromatic rings. The van der Waals surface area contributed by atoms with Crippen molar-refractivity contribution in [1.29, 1.82) is 0 Å².